The van der Waals surface area contributed by atoms with Crippen LogP contribution in [0.5, 0.6) is 0 Å². The Morgan fingerprint density at radius 2 is 2.36 bits per heavy atom. The Hall–Kier alpha value is -0.190. The third-order valence-electron chi connectivity index (χ3n) is 1.81. The molecular formula is C10H13BrO2S. The van der Waals surface area contributed by atoms with Crippen molar-refractivity contribution in [1.82, 2.24) is 0 Å². The Balaban J connectivity index is 2.32. The second-order valence-electron chi connectivity index (χ2n) is 2.86. The van der Waals surface area contributed by atoms with Gasteiger partial charge >= 0.3 is 0 Å². The van der Waals surface area contributed by atoms with Crippen molar-refractivity contribution in [1.29, 1.82) is 0 Å². The summed E-state index contributed by atoms with van der Waals surface area (Å²) in [5.74, 6) is 0.192. The van der Waals surface area contributed by atoms with Crippen molar-refractivity contribution in [3.05, 3.63) is 20.8 Å². The summed E-state index contributed by atoms with van der Waals surface area (Å²) in [6.45, 7) is 3.34. The van der Waals surface area contributed by atoms with Gasteiger partial charge in [0.05, 0.1) is 0 Å². The molecule has 78 valence electrons. The van der Waals surface area contributed by atoms with Crippen molar-refractivity contribution in [3.63, 3.8) is 0 Å². The summed E-state index contributed by atoms with van der Waals surface area (Å²) in [5.41, 5.74) is 0.798. The number of carbonyl (C=O) groups excluding carboxylic acids is 1. The van der Waals surface area contributed by atoms with Gasteiger partial charge in [-0.3, -0.25) is 4.79 Å². The minimum absolute atomic E-state index is 0.192. The van der Waals surface area contributed by atoms with Gasteiger partial charge in [0.15, 0.2) is 5.78 Å². The van der Waals surface area contributed by atoms with Crippen LogP contribution in [0.4, 0.5) is 0 Å². The van der Waals surface area contributed by atoms with Gasteiger partial charge in [-0.05, 0) is 29.3 Å². The van der Waals surface area contributed by atoms with E-state index in [9.17, 15) is 4.79 Å². The molecule has 1 rings (SSSR count). The molecule has 1 aromatic heterocycles. The SMILES string of the molecule is CCOCCCC(=O)c1cscc1Br. The molecule has 0 fully saturated rings. The fourth-order valence-corrected chi connectivity index (χ4v) is 2.61. The predicted molar refractivity (Wildman–Crippen MR) is 62.1 cm³/mol. The third kappa shape index (κ3) is 3.52. The number of halogens is 1. The Bertz CT molecular complexity index is 296. The number of carbonyl (C=O) groups is 1. The molecule has 0 saturated carbocycles. The molecule has 0 aliphatic carbocycles. The highest BCUT2D eigenvalue weighted by molar-refractivity contribution is 9.10. The quantitative estimate of drug-likeness (QED) is 0.587. The van der Waals surface area contributed by atoms with Crippen LogP contribution in [0.2, 0.25) is 0 Å². The fraction of sp³-hybridized carbons (Fsp3) is 0.500. The Kier molecular flexibility index (Phi) is 5.37. The number of rotatable bonds is 6. The number of hydrogen-bond donors (Lipinski definition) is 0. The zero-order chi connectivity index (χ0) is 10.4. The molecule has 0 radical (unpaired) electrons. The molecular weight excluding hydrogens is 264 g/mol. The van der Waals surface area contributed by atoms with E-state index in [0.29, 0.717) is 13.0 Å². The summed E-state index contributed by atoms with van der Waals surface area (Å²) >= 11 is 4.89. The van der Waals surface area contributed by atoms with Gasteiger partial charge in [0, 0.05) is 40.4 Å². The van der Waals surface area contributed by atoms with Gasteiger partial charge in [-0.1, -0.05) is 0 Å². The summed E-state index contributed by atoms with van der Waals surface area (Å²) in [4.78, 5) is 11.6. The fourth-order valence-electron chi connectivity index (χ4n) is 1.09. The minimum atomic E-state index is 0.192. The van der Waals surface area contributed by atoms with Crippen LogP contribution in [-0.4, -0.2) is 19.0 Å². The summed E-state index contributed by atoms with van der Waals surface area (Å²) < 4.78 is 6.08. The molecule has 4 heteroatoms. The molecule has 14 heavy (non-hydrogen) atoms. The van der Waals surface area contributed by atoms with Gasteiger partial charge < -0.3 is 4.74 Å². The average molecular weight is 277 g/mol. The van der Waals surface area contributed by atoms with Gasteiger partial charge in [0.1, 0.15) is 0 Å². The van der Waals surface area contributed by atoms with Crippen molar-refractivity contribution < 1.29 is 9.53 Å². The normalized spacial score (nSPS) is 10.4. The third-order valence-corrected chi connectivity index (χ3v) is 3.51. The lowest BCUT2D eigenvalue weighted by Crippen LogP contribution is -2.01. The molecule has 0 aromatic carbocycles. The van der Waals surface area contributed by atoms with Gasteiger partial charge in [-0.15, -0.1) is 0 Å². The zero-order valence-electron chi connectivity index (χ0n) is 8.09. The Morgan fingerprint density at radius 3 is 2.93 bits per heavy atom. The topological polar surface area (TPSA) is 26.3 Å². The average Bonchev–Trinajstić information content (AvgIpc) is 2.59. The predicted octanol–water partition coefficient (Wildman–Crippen LogP) is 3.51. The Morgan fingerprint density at radius 1 is 1.57 bits per heavy atom. The van der Waals surface area contributed by atoms with Crippen molar-refractivity contribution in [3.8, 4) is 0 Å². The number of ketones is 1. The number of hydrogen-bond acceptors (Lipinski definition) is 3. The van der Waals surface area contributed by atoms with Gasteiger partial charge in [-0.2, -0.15) is 11.3 Å². The van der Waals surface area contributed by atoms with E-state index < -0.39 is 0 Å². The van der Waals surface area contributed by atoms with Crippen LogP contribution in [0.3, 0.4) is 0 Å². The number of ether oxygens (including phenoxy) is 1. The number of thiophene rings is 1. The van der Waals surface area contributed by atoms with Gasteiger partial charge in [-0.25, -0.2) is 0 Å². The molecule has 0 spiro atoms. The van der Waals surface area contributed by atoms with Crippen molar-refractivity contribution in [2.75, 3.05) is 13.2 Å². The molecule has 1 aromatic rings. The van der Waals surface area contributed by atoms with Crippen LogP contribution in [0.25, 0.3) is 0 Å². The maximum absolute atomic E-state index is 11.6. The van der Waals surface area contributed by atoms with Crippen LogP contribution in [0.1, 0.15) is 30.1 Å². The molecule has 0 aliphatic rings. The summed E-state index contributed by atoms with van der Waals surface area (Å²) in [7, 11) is 0. The molecule has 0 N–H and O–H groups in total. The van der Waals surface area contributed by atoms with E-state index in [1.54, 1.807) is 0 Å². The van der Waals surface area contributed by atoms with Crippen LogP contribution in [-0.2, 0) is 4.74 Å². The monoisotopic (exact) mass is 276 g/mol. The lowest BCUT2D eigenvalue weighted by molar-refractivity contribution is 0.0947. The van der Waals surface area contributed by atoms with E-state index in [4.69, 9.17) is 4.74 Å². The highest BCUT2D eigenvalue weighted by Crippen LogP contribution is 2.22. The lowest BCUT2D eigenvalue weighted by Gasteiger charge is -2.00. The minimum Gasteiger partial charge on any atom is -0.382 e. The number of Topliss-reactive ketones (excluding diaryl/α,β-unsaturated/α-hetero) is 1. The van der Waals surface area contributed by atoms with E-state index in [2.05, 4.69) is 15.9 Å². The van der Waals surface area contributed by atoms with E-state index in [1.165, 1.54) is 11.3 Å². The Labute approximate surface area is 96.4 Å². The molecule has 0 amide bonds. The van der Waals surface area contributed by atoms with Crippen LogP contribution in [0, 0.1) is 0 Å². The molecule has 0 atom stereocenters. The molecule has 0 bridgehead atoms. The highest BCUT2D eigenvalue weighted by Gasteiger charge is 2.09. The molecule has 0 unspecified atom stereocenters. The van der Waals surface area contributed by atoms with Crippen molar-refractivity contribution in [2.45, 2.75) is 19.8 Å². The summed E-state index contributed by atoms with van der Waals surface area (Å²) in [6, 6.07) is 0. The van der Waals surface area contributed by atoms with Gasteiger partial charge in [0.2, 0.25) is 0 Å². The molecule has 1 heterocycles. The maximum Gasteiger partial charge on any atom is 0.164 e. The van der Waals surface area contributed by atoms with Crippen LogP contribution in [0.15, 0.2) is 15.2 Å². The molecule has 0 aliphatic heterocycles. The largest absolute Gasteiger partial charge is 0.382 e. The first-order chi connectivity index (χ1) is 6.75. The summed E-state index contributed by atoms with van der Waals surface area (Å²) in [5, 5.41) is 3.81. The lowest BCUT2D eigenvalue weighted by atomic mass is 10.1. The van der Waals surface area contributed by atoms with Crippen LogP contribution < -0.4 is 0 Å². The van der Waals surface area contributed by atoms with Gasteiger partial charge in [0.25, 0.3) is 0 Å². The van der Waals surface area contributed by atoms with Crippen molar-refractivity contribution in [2.24, 2.45) is 0 Å². The maximum atomic E-state index is 11.6. The van der Waals surface area contributed by atoms with Crippen LogP contribution >= 0.6 is 27.3 Å². The first kappa shape index (κ1) is 11.9. The van der Waals surface area contributed by atoms with E-state index >= 15 is 0 Å². The second-order valence-corrected chi connectivity index (χ2v) is 4.45. The standard InChI is InChI=1S/C10H13BrO2S/c1-2-13-5-3-4-10(12)8-6-14-7-9(8)11/h6-7H,2-5H2,1H3. The van der Waals surface area contributed by atoms with E-state index in [-0.39, 0.29) is 5.78 Å². The molecule has 0 saturated heterocycles. The van der Waals surface area contributed by atoms with Crippen molar-refractivity contribution >= 4 is 33.0 Å². The zero-order valence-corrected chi connectivity index (χ0v) is 10.5. The second kappa shape index (κ2) is 6.32. The molecule has 2 nitrogen and oxygen atoms in total. The first-order valence-electron chi connectivity index (χ1n) is 4.58. The highest BCUT2D eigenvalue weighted by atomic mass is 79.9. The first-order valence-corrected chi connectivity index (χ1v) is 6.32. The smallest absolute Gasteiger partial charge is 0.164 e. The summed E-state index contributed by atoms with van der Waals surface area (Å²) in [6.07, 6.45) is 1.37. The van der Waals surface area contributed by atoms with E-state index in [1.807, 2.05) is 17.7 Å². The van der Waals surface area contributed by atoms with E-state index in [0.717, 1.165) is 23.1 Å².